The van der Waals surface area contributed by atoms with E-state index in [1.54, 1.807) is 0 Å². The molecule has 3 rings (SSSR count). The van der Waals surface area contributed by atoms with Gasteiger partial charge in [-0.05, 0) is 25.7 Å². The van der Waals surface area contributed by atoms with E-state index in [0.29, 0.717) is 0 Å². The number of fused-ring (bicyclic) bond motifs is 3. The third-order valence-corrected chi connectivity index (χ3v) is 6.12. The van der Waals surface area contributed by atoms with Gasteiger partial charge in [0.1, 0.15) is 39.3 Å². The molecule has 3 heterocycles. The van der Waals surface area contributed by atoms with Crippen LogP contribution in [0.5, 0.6) is 0 Å². The molecule has 0 aromatic heterocycles. The number of hydrogen-bond acceptors (Lipinski definition) is 0. The lowest BCUT2D eigenvalue weighted by molar-refractivity contribution is -1.08. The molecule has 134 valence electrons. The summed E-state index contributed by atoms with van der Waals surface area (Å²) >= 11 is 0. The number of hydrogen-bond donors (Lipinski definition) is 0. The highest BCUT2D eigenvalue weighted by molar-refractivity contribution is 4.63. The van der Waals surface area contributed by atoms with Crippen LogP contribution < -0.4 is 34.0 Å². The number of piperazine rings is 3. The van der Waals surface area contributed by atoms with Gasteiger partial charge in [0.05, 0.1) is 13.1 Å². The molecular weight excluding hydrogens is 404 g/mol. The van der Waals surface area contributed by atoms with Gasteiger partial charge in [0, 0.05) is 0 Å². The smallest absolute Gasteiger partial charge is 0.129 e. The first-order valence-corrected chi connectivity index (χ1v) is 9.44. The summed E-state index contributed by atoms with van der Waals surface area (Å²) in [5, 5.41) is 0. The molecule has 0 atom stereocenters. The van der Waals surface area contributed by atoms with Gasteiger partial charge in [0.25, 0.3) is 0 Å². The minimum atomic E-state index is 0. The van der Waals surface area contributed by atoms with Crippen LogP contribution in [0, 0.1) is 0 Å². The van der Waals surface area contributed by atoms with Gasteiger partial charge in [-0.1, -0.05) is 39.5 Å². The quantitative estimate of drug-likeness (QED) is 0.267. The Hall–Kier alpha value is 0.880. The van der Waals surface area contributed by atoms with Crippen molar-refractivity contribution in [2.45, 2.75) is 65.2 Å². The van der Waals surface area contributed by atoms with Gasteiger partial charge in [0.2, 0.25) is 0 Å². The lowest BCUT2D eigenvalue weighted by Crippen LogP contribution is -3.00. The molecule has 3 saturated heterocycles. The Balaban J connectivity index is 0.00000220. The summed E-state index contributed by atoms with van der Waals surface area (Å²) in [5.74, 6) is 0. The highest BCUT2D eigenvalue weighted by Crippen LogP contribution is 2.28. The van der Waals surface area contributed by atoms with Crippen molar-refractivity contribution < 1.29 is 42.9 Å². The summed E-state index contributed by atoms with van der Waals surface area (Å²) in [6.07, 6.45) is 11.5. The van der Waals surface area contributed by atoms with Gasteiger partial charge >= 0.3 is 0 Å². The molecule has 0 unspecified atom stereocenters. The van der Waals surface area contributed by atoms with Crippen LogP contribution in [0.3, 0.4) is 0 Å². The van der Waals surface area contributed by atoms with E-state index >= 15 is 0 Å². The summed E-state index contributed by atoms with van der Waals surface area (Å²) in [6, 6.07) is 0. The molecule has 0 aromatic carbocycles. The van der Waals surface area contributed by atoms with Crippen molar-refractivity contribution in [3.8, 4) is 0 Å². The van der Waals surface area contributed by atoms with Crippen LogP contribution in [0.15, 0.2) is 0 Å². The van der Waals surface area contributed by atoms with Crippen molar-refractivity contribution >= 4 is 0 Å². The average Bonchev–Trinajstić information content (AvgIpc) is 2.50. The third kappa shape index (κ3) is 6.41. The maximum Gasteiger partial charge on any atom is 0.129 e. The zero-order valence-corrected chi connectivity index (χ0v) is 18.1. The Morgan fingerprint density at radius 1 is 0.500 bits per heavy atom. The SMILES string of the molecule is CCCCCC[N+]12CC[N+](CCCCCC)(CC1)CC2.[Br-].[Br-]. The van der Waals surface area contributed by atoms with Crippen LogP contribution >= 0.6 is 0 Å². The Labute approximate surface area is 160 Å². The van der Waals surface area contributed by atoms with Crippen LogP contribution in [0.25, 0.3) is 0 Å². The zero-order valence-electron chi connectivity index (χ0n) is 15.0. The highest BCUT2D eigenvalue weighted by atomic mass is 79.9. The van der Waals surface area contributed by atoms with Crippen LogP contribution in [0.2, 0.25) is 0 Å². The van der Waals surface area contributed by atoms with E-state index in [1.807, 2.05) is 0 Å². The molecule has 0 aromatic rings. The minimum absolute atomic E-state index is 0. The lowest BCUT2D eigenvalue weighted by Gasteiger charge is -2.55. The fourth-order valence-corrected chi connectivity index (χ4v) is 4.36. The molecular formula is C18H38Br2N2. The monoisotopic (exact) mass is 440 g/mol. The first kappa shape index (κ1) is 22.9. The van der Waals surface area contributed by atoms with Crippen molar-refractivity contribution in [2.24, 2.45) is 0 Å². The molecule has 3 fully saturated rings. The fourth-order valence-electron chi connectivity index (χ4n) is 4.36. The first-order chi connectivity index (χ1) is 9.74. The van der Waals surface area contributed by atoms with Crippen molar-refractivity contribution in [1.29, 1.82) is 0 Å². The van der Waals surface area contributed by atoms with E-state index in [9.17, 15) is 0 Å². The summed E-state index contributed by atoms with van der Waals surface area (Å²) in [6.45, 7) is 16.5. The van der Waals surface area contributed by atoms with Gasteiger partial charge in [-0.15, -0.1) is 0 Å². The standard InChI is InChI=1S/C18H38N2.2BrH/c1-3-5-7-9-11-19-13-16-20(17-14-19,18-15-19)12-10-8-6-4-2;;/h3-18H2,1-2H3;2*1H/q+2;;/p-2. The Morgan fingerprint density at radius 3 is 1.09 bits per heavy atom. The normalized spacial score (nSPS) is 29.7. The van der Waals surface area contributed by atoms with E-state index < -0.39 is 0 Å². The van der Waals surface area contributed by atoms with Crippen molar-refractivity contribution in [3.05, 3.63) is 0 Å². The van der Waals surface area contributed by atoms with Gasteiger partial charge < -0.3 is 42.9 Å². The predicted molar refractivity (Wildman–Crippen MR) is 87.7 cm³/mol. The molecule has 2 nitrogen and oxygen atoms in total. The highest BCUT2D eigenvalue weighted by Gasteiger charge is 2.47. The van der Waals surface area contributed by atoms with Crippen LogP contribution in [0.4, 0.5) is 0 Å². The third-order valence-electron chi connectivity index (χ3n) is 6.12. The topological polar surface area (TPSA) is 0 Å². The minimum Gasteiger partial charge on any atom is -1.00 e. The molecule has 2 bridgehead atoms. The van der Waals surface area contributed by atoms with Crippen molar-refractivity contribution in [2.75, 3.05) is 52.4 Å². The molecule has 0 aliphatic carbocycles. The second-order valence-electron chi connectivity index (χ2n) is 7.59. The molecule has 0 radical (unpaired) electrons. The predicted octanol–water partition coefficient (Wildman–Crippen LogP) is -2.18. The van der Waals surface area contributed by atoms with Gasteiger partial charge in [0.15, 0.2) is 0 Å². The van der Waals surface area contributed by atoms with E-state index in [4.69, 9.17) is 0 Å². The molecule has 22 heavy (non-hydrogen) atoms. The summed E-state index contributed by atoms with van der Waals surface area (Å²) in [7, 11) is 0. The number of halogens is 2. The zero-order chi connectivity index (χ0) is 14.3. The molecule has 0 N–H and O–H groups in total. The van der Waals surface area contributed by atoms with Crippen LogP contribution in [-0.2, 0) is 0 Å². The van der Waals surface area contributed by atoms with E-state index in [2.05, 4.69) is 13.8 Å². The van der Waals surface area contributed by atoms with Gasteiger partial charge in [-0.25, -0.2) is 0 Å². The molecule has 0 saturated carbocycles. The molecule has 4 heteroatoms. The molecule has 0 spiro atoms. The lowest BCUT2D eigenvalue weighted by atomic mass is 10.0. The molecule has 3 aliphatic rings. The van der Waals surface area contributed by atoms with Gasteiger partial charge in [-0.2, -0.15) is 0 Å². The number of quaternary nitrogens is 2. The van der Waals surface area contributed by atoms with E-state index in [-0.39, 0.29) is 34.0 Å². The second-order valence-corrected chi connectivity index (χ2v) is 7.59. The Bertz CT molecular complexity index is 232. The van der Waals surface area contributed by atoms with Crippen LogP contribution in [0.1, 0.15) is 65.2 Å². The fraction of sp³-hybridized carbons (Fsp3) is 1.00. The van der Waals surface area contributed by atoms with Crippen LogP contribution in [-0.4, -0.2) is 61.3 Å². The van der Waals surface area contributed by atoms with E-state index in [0.717, 1.165) is 0 Å². The summed E-state index contributed by atoms with van der Waals surface area (Å²) < 4.78 is 2.97. The maximum absolute atomic E-state index is 2.32. The second kappa shape index (κ2) is 11.4. The summed E-state index contributed by atoms with van der Waals surface area (Å²) in [4.78, 5) is 0. The van der Waals surface area contributed by atoms with Crippen molar-refractivity contribution in [3.63, 3.8) is 0 Å². The maximum atomic E-state index is 2.32. The van der Waals surface area contributed by atoms with Gasteiger partial charge in [-0.3, -0.25) is 0 Å². The van der Waals surface area contributed by atoms with E-state index in [1.165, 1.54) is 113 Å². The first-order valence-electron chi connectivity index (χ1n) is 9.44. The number of nitrogens with zero attached hydrogens (tertiary/aromatic N) is 2. The molecule has 3 aliphatic heterocycles. The number of unbranched alkanes of at least 4 members (excludes halogenated alkanes) is 6. The summed E-state index contributed by atoms with van der Waals surface area (Å²) in [5.41, 5.74) is 0. The molecule has 0 amide bonds. The largest absolute Gasteiger partial charge is 1.00 e. The Kier molecular flexibility index (Phi) is 11.9. The average molecular weight is 442 g/mol. The Morgan fingerprint density at radius 2 is 0.818 bits per heavy atom. The number of rotatable bonds is 10. The van der Waals surface area contributed by atoms with Crippen molar-refractivity contribution in [1.82, 2.24) is 0 Å².